The Hall–Kier alpha value is -3.72. The first kappa shape index (κ1) is 22.7. The molecule has 2 aromatic carbocycles. The molecule has 0 saturated carbocycles. The number of carbonyl (C=O) groups is 2. The zero-order chi connectivity index (χ0) is 25.0. The summed E-state index contributed by atoms with van der Waals surface area (Å²) in [5.41, 5.74) is 5.12. The fraction of sp³-hybridized carbons (Fsp3) is 0.333. The Morgan fingerprint density at radius 1 is 1.14 bits per heavy atom. The van der Waals surface area contributed by atoms with Gasteiger partial charge in [-0.15, -0.1) is 10.2 Å². The topological polar surface area (TPSA) is 83.4 Å². The number of aryl methyl sites for hydroxylation is 1. The molecule has 2 aliphatic heterocycles. The number of nitrogens with zero attached hydrogens (tertiary/aromatic N) is 5. The number of benzene rings is 2. The third-order valence-corrected chi connectivity index (χ3v) is 8.29. The van der Waals surface area contributed by atoms with Crippen molar-refractivity contribution in [3.63, 3.8) is 0 Å². The summed E-state index contributed by atoms with van der Waals surface area (Å²) < 4.78 is 2.23. The van der Waals surface area contributed by atoms with Crippen LogP contribution in [0.1, 0.15) is 59.0 Å². The number of hydrogen-bond acceptors (Lipinski definition) is 6. The molecule has 1 N–H and O–H groups in total. The minimum atomic E-state index is -0.219. The van der Waals surface area contributed by atoms with E-state index in [4.69, 9.17) is 0 Å². The van der Waals surface area contributed by atoms with Gasteiger partial charge in [0.25, 0.3) is 5.91 Å². The molecule has 36 heavy (non-hydrogen) atoms. The van der Waals surface area contributed by atoms with Crippen molar-refractivity contribution in [2.24, 2.45) is 0 Å². The van der Waals surface area contributed by atoms with Crippen molar-refractivity contribution in [1.29, 1.82) is 0 Å². The summed E-state index contributed by atoms with van der Waals surface area (Å²) in [5.74, 6) is 0.236. The van der Waals surface area contributed by atoms with Gasteiger partial charge in [-0.2, -0.15) is 0 Å². The monoisotopic (exact) mass is 500 g/mol. The molecule has 184 valence electrons. The van der Waals surface area contributed by atoms with Crippen LogP contribution in [0.15, 0.2) is 48.5 Å². The lowest BCUT2D eigenvalue weighted by atomic mass is 9.96. The molecule has 2 amide bonds. The summed E-state index contributed by atoms with van der Waals surface area (Å²) in [5, 5.41) is 13.8. The lowest BCUT2D eigenvalue weighted by Gasteiger charge is -2.46. The molecule has 0 radical (unpaired) electrons. The highest BCUT2D eigenvalue weighted by molar-refractivity contribution is 7.15. The molecule has 4 aromatic rings. The number of para-hydroxylation sites is 2. The third-order valence-electron chi connectivity index (χ3n) is 7.15. The number of anilines is 2. The lowest BCUT2D eigenvalue weighted by molar-refractivity contribution is -0.116. The van der Waals surface area contributed by atoms with E-state index < -0.39 is 0 Å². The SMILES string of the molecule is CC(C)c1nnc(NC(=O)CCn2c3c(c4ccccc42)CCN2C(=O)c4ccccc4N(C)C32)s1. The van der Waals surface area contributed by atoms with E-state index in [1.165, 1.54) is 22.3 Å². The lowest BCUT2D eigenvalue weighted by Crippen LogP contribution is -2.51. The summed E-state index contributed by atoms with van der Waals surface area (Å²) in [7, 11) is 2.05. The van der Waals surface area contributed by atoms with Gasteiger partial charge in [-0.1, -0.05) is 55.5 Å². The molecule has 9 heteroatoms. The van der Waals surface area contributed by atoms with Crippen LogP contribution in [0.3, 0.4) is 0 Å². The molecule has 8 nitrogen and oxygen atoms in total. The van der Waals surface area contributed by atoms with Crippen molar-refractivity contribution in [1.82, 2.24) is 19.7 Å². The Bertz CT molecular complexity index is 1490. The molecular formula is C27H28N6O2S. The van der Waals surface area contributed by atoms with Crippen LogP contribution >= 0.6 is 11.3 Å². The molecular weight excluding hydrogens is 472 g/mol. The first-order chi connectivity index (χ1) is 17.4. The van der Waals surface area contributed by atoms with Crippen molar-refractivity contribution in [3.8, 4) is 0 Å². The van der Waals surface area contributed by atoms with Crippen molar-refractivity contribution < 1.29 is 9.59 Å². The molecule has 0 spiro atoms. The highest BCUT2D eigenvalue weighted by Gasteiger charge is 2.42. The number of fused-ring (bicyclic) bond motifs is 6. The molecule has 4 heterocycles. The van der Waals surface area contributed by atoms with Crippen LogP contribution in [0.5, 0.6) is 0 Å². The van der Waals surface area contributed by atoms with Crippen LogP contribution in [-0.2, 0) is 17.8 Å². The second-order valence-corrected chi connectivity index (χ2v) is 10.7. The number of nitrogens with one attached hydrogen (secondary N) is 1. The highest BCUT2D eigenvalue weighted by Crippen LogP contribution is 2.44. The number of aromatic nitrogens is 3. The summed E-state index contributed by atoms with van der Waals surface area (Å²) in [6.07, 6.45) is 0.863. The minimum Gasteiger partial charge on any atom is -0.349 e. The van der Waals surface area contributed by atoms with E-state index >= 15 is 0 Å². The van der Waals surface area contributed by atoms with Gasteiger partial charge >= 0.3 is 0 Å². The van der Waals surface area contributed by atoms with Crippen molar-refractivity contribution in [2.45, 2.75) is 45.3 Å². The number of amides is 2. The normalized spacial score (nSPS) is 16.8. The van der Waals surface area contributed by atoms with Gasteiger partial charge < -0.3 is 19.7 Å². The Balaban J connectivity index is 1.35. The van der Waals surface area contributed by atoms with Crippen molar-refractivity contribution >= 4 is 44.9 Å². The van der Waals surface area contributed by atoms with Crippen LogP contribution in [0.4, 0.5) is 10.8 Å². The van der Waals surface area contributed by atoms with E-state index in [2.05, 4.69) is 64.1 Å². The maximum Gasteiger partial charge on any atom is 0.257 e. The van der Waals surface area contributed by atoms with Crippen LogP contribution in [0.25, 0.3) is 10.9 Å². The Morgan fingerprint density at radius 2 is 1.92 bits per heavy atom. The molecule has 2 aliphatic rings. The van der Waals surface area contributed by atoms with Gasteiger partial charge in [0.1, 0.15) is 11.2 Å². The molecule has 2 aromatic heterocycles. The second-order valence-electron chi connectivity index (χ2n) is 9.68. The number of hydrogen-bond donors (Lipinski definition) is 1. The molecule has 6 rings (SSSR count). The van der Waals surface area contributed by atoms with Crippen molar-refractivity contribution in [3.05, 3.63) is 70.4 Å². The summed E-state index contributed by atoms with van der Waals surface area (Å²) in [6.45, 7) is 5.28. The van der Waals surface area contributed by atoms with Gasteiger partial charge in [-0.25, -0.2) is 0 Å². The van der Waals surface area contributed by atoms with Gasteiger partial charge in [0.2, 0.25) is 11.0 Å². The minimum absolute atomic E-state index is 0.0612. The zero-order valence-corrected chi connectivity index (χ0v) is 21.4. The maximum absolute atomic E-state index is 13.5. The third kappa shape index (κ3) is 3.57. The first-order valence-corrected chi connectivity index (χ1v) is 13.1. The Morgan fingerprint density at radius 3 is 2.72 bits per heavy atom. The summed E-state index contributed by atoms with van der Waals surface area (Å²) in [4.78, 5) is 30.5. The predicted octanol–water partition coefficient (Wildman–Crippen LogP) is 4.79. The molecule has 0 bridgehead atoms. The number of rotatable bonds is 5. The number of carbonyl (C=O) groups excluding carboxylic acids is 2. The molecule has 1 unspecified atom stereocenters. The zero-order valence-electron chi connectivity index (χ0n) is 20.6. The van der Waals surface area contributed by atoms with E-state index in [1.807, 2.05) is 35.2 Å². The molecule has 1 atom stereocenters. The van der Waals surface area contributed by atoms with Crippen LogP contribution in [0.2, 0.25) is 0 Å². The van der Waals surface area contributed by atoms with Gasteiger partial charge in [0.05, 0.1) is 16.9 Å². The fourth-order valence-corrected chi connectivity index (χ4v) is 6.22. The van der Waals surface area contributed by atoms with E-state index in [0.717, 1.165) is 33.9 Å². The summed E-state index contributed by atoms with van der Waals surface area (Å²) in [6, 6.07) is 16.1. The maximum atomic E-state index is 13.5. The average molecular weight is 501 g/mol. The van der Waals surface area contributed by atoms with Crippen LogP contribution in [-0.4, -0.2) is 45.1 Å². The largest absolute Gasteiger partial charge is 0.349 e. The fourth-order valence-electron chi connectivity index (χ4n) is 5.46. The average Bonchev–Trinajstić information content (AvgIpc) is 3.48. The first-order valence-electron chi connectivity index (χ1n) is 12.3. The van der Waals surface area contributed by atoms with Gasteiger partial charge in [-0.05, 0) is 30.2 Å². The molecule has 0 fully saturated rings. The van der Waals surface area contributed by atoms with E-state index in [0.29, 0.717) is 24.6 Å². The smallest absolute Gasteiger partial charge is 0.257 e. The Labute approximate surface area is 213 Å². The van der Waals surface area contributed by atoms with E-state index in [-0.39, 0.29) is 23.9 Å². The molecule has 0 saturated heterocycles. The quantitative estimate of drug-likeness (QED) is 0.426. The summed E-state index contributed by atoms with van der Waals surface area (Å²) >= 11 is 1.42. The van der Waals surface area contributed by atoms with Crippen LogP contribution < -0.4 is 10.2 Å². The molecule has 0 aliphatic carbocycles. The van der Waals surface area contributed by atoms with Crippen molar-refractivity contribution in [2.75, 3.05) is 23.8 Å². The Kier molecular flexibility index (Phi) is 5.52. The second kappa shape index (κ2) is 8.74. The predicted molar refractivity (Wildman–Crippen MR) is 142 cm³/mol. The van der Waals surface area contributed by atoms with Gasteiger partial charge in [-0.3, -0.25) is 9.59 Å². The van der Waals surface area contributed by atoms with E-state index in [9.17, 15) is 9.59 Å². The standard InChI is InChI=1S/C27H28N6O2S/c1-16(2)24-29-30-27(36-24)28-22(34)13-15-32-21-11-7-4-8-17(21)18-12-14-33-25(23(18)32)31(3)20-10-6-5-9-19(20)26(33)35/h4-11,16,25H,12-15H2,1-3H3,(H,28,30,34). The van der Waals surface area contributed by atoms with Crippen LogP contribution in [0, 0.1) is 0 Å². The van der Waals surface area contributed by atoms with Gasteiger partial charge in [0.15, 0.2) is 0 Å². The highest BCUT2D eigenvalue weighted by atomic mass is 32.1. The van der Waals surface area contributed by atoms with Gasteiger partial charge in [0, 0.05) is 43.4 Å². The van der Waals surface area contributed by atoms with E-state index in [1.54, 1.807) is 0 Å².